The third-order valence-corrected chi connectivity index (χ3v) is 3.13. The lowest BCUT2D eigenvalue weighted by molar-refractivity contribution is 0.0533. The molecule has 0 saturated carbocycles. The van der Waals surface area contributed by atoms with E-state index in [1.807, 2.05) is 0 Å². The molecule has 0 spiro atoms. The van der Waals surface area contributed by atoms with Crippen LogP contribution in [-0.4, -0.2) is 49.2 Å². The van der Waals surface area contributed by atoms with Crippen molar-refractivity contribution in [1.29, 1.82) is 0 Å². The van der Waals surface area contributed by atoms with Crippen molar-refractivity contribution in [3.63, 3.8) is 0 Å². The predicted molar refractivity (Wildman–Crippen MR) is 51.3 cm³/mol. The molecule has 7 nitrogen and oxygen atoms in total. The Kier molecular flexibility index (Phi) is 3.53. The Morgan fingerprint density at radius 1 is 1.53 bits per heavy atom. The van der Waals surface area contributed by atoms with E-state index in [0.717, 1.165) is 4.31 Å². The Morgan fingerprint density at radius 3 is 2.47 bits per heavy atom. The summed E-state index contributed by atoms with van der Waals surface area (Å²) in [6.45, 7) is 3.23. The Bertz CT molecular complexity index is 333. The highest BCUT2D eigenvalue weighted by Crippen LogP contribution is 2.11. The van der Waals surface area contributed by atoms with Gasteiger partial charge in [0.25, 0.3) is 0 Å². The molecule has 2 N–H and O–H groups in total. The van der Waals surface area contributed by atoms with Crippen LogP contribution in [0.4, 0.5) is 4.79 Å². The van der Waals surface area contributed by atoms with Crippen LogP contribution in [0, 0.1) is 0 Å². The van der Waals surface area contributed by atoms with Crippen LogP contribution in [0.1, 0.15) is 13.8 Å². The minimum absolute atomic E-state index is 0.00426. The number of ether oxygens (including phenoxy) is 1. The predicted octanol–water partition coefficient (Wildman–Crippen LogP) is -0.958. The largest absolute Gasteiger partial charge is 0.446 e. The van der Waals surface area contributed by atoms with Crippen molar-refractivity contribution < 1.29 is 23.1 Å². The second-order valence-corrected chi connectivity index (χ2v) is 5.20. The molecule has 0 unspecified atom stereocenters. The van der Waals surface area contributed by atoms with E-state index in [-0.39, 0.29) is 19.2 Å². The topological polar surface area (TPSA) is 95.9 Å². The number of carbonyl (C=O) groups excluding carboxylic acids is 1. The van der Waals surface area contributed by atoms with Gasteiger partial charge in [-0.25, -0.2) is 9.52 Å². The van der Waals surface area contributed by atoms with Gasteiger partial charge in [0.2, 0.25) is 0 Å². The maximum atomic E-state index is 11.4. The summed E-state index contributed by atoms with van der Waals surface area (Å²) in [7, 11) is -3.85. The number of aliphatic hydroxyl groups excluding tert-OH is 1. The fourth-order valence-electron chi connectivity index (χ4n) is 1.02. The van der Waals surface area contributed by atoms with Crippen molar-refractivity contribution in [2.24, 2.45) is 0 Å². The molecule has 0 aliphatic carbocycles. The highest BCUT2D eigenvalue weighted by Gasteiger charge is 2.35. The number of nitrogens with one attached hydrogen (secondary N) is 1. The molecule has 0 bridgehead atoms. The average Bonchev–Trinajstić information content (AvgIpc) is 1.95. The van der Waals surface area contributed by atoms with Crippen molar-refractivity contribution in [3.05, 3.63) is 0 Å². The van der Waals surface area contributed by atoms with Crippen molar-refractivity contribution in [2.45, 2.75) is 26.1 Å². The van der Waals surface area contributed by atoms with Crippen molar-refractivity contribution >= 4 is 16.3 Å². The molecule has 1 aliphatic rings. The molecule has 0 aromatic heterocycles. The lowest BCUT2D eigenvalue weighted by atomic mass is 10.2. The molecule has 1 amide bonds. The molecule has 1 heterocycles. The van der Waals surface area contributed by atoms with Crippen molar-refractivity contribution in [3.8, 4) is 0 Å². The first-order chi connectivity index (χ1) is 6.81. The SMILES string of the molecule is CC(C)OC(=O)NS(=O)(=O)N1CC(O)C1. The summed E-state index contributed by atoms with van der Waals surface area (Å²) in [5, 5.41) is 8.91. The quantitative estimate of drug-likeness (QED) is 0.660. The molecule has 1 saturated heterocycles. The van der Waals surface area contributed by atoms with Crippen LogP contribution in [0.25, 0.3) is 0 Å². The highest BCUT2D eigenvalue weighted by molar-refractivity contribution is 7.87. The molecule has 0 aromatic rings. The summed E-state index contributed by atoms with van der Waals surface area (Å²) in [5.41, 5.74) is 0. The highest BCUT2D eigenvalue weighted by atomic mass is 32.2. The van der Waals surface area contributed by atoms with E-state index < -0.39 is 22.4 Å². The summed E-state index contributed by atoms with van der Waals surface area (Å²) in [6, 6.07) is 0. The van der Waals surface area contributed by atoms with Gasteiger partial charge >= 0.3 is 16.3 Å². The van der Waals surface area contributed by atoms with E-state index >= 15 is 0 Å². The van der Waals surface area contributed by atoms with E-state index in [1.165, 1.54) is 0 Å². The standard InChI is InChI=1S/C7H14N2O5S/c1-5(2)14-7(11)8-15(12,13)9-3-6(10)4-9/h5-6,10H,3-4H2,1-2H3,(H,8,11). The number of nitrogens with zero attached hydrogens (tertiary/aromatic N) is 1. The molecule has 0 radical (unpaired) electrons. The number of β-amino-alcohol motifs (C(OH)–C–C–N with tert-alkyl or cyclic N) is 1. The Labute approximate surface area is 88.2 Å². The van der Waals surface area contributed by atoms with Gasteiger partial charge in [-0.05, 0) is 13.8 Å². The van der Waals surface area contributed by atoms with Crippen molar-refractivity contribution in [1.82, 2.24) is 9.03 Å². The van der Waals surface area contributed by atoms with Gasteiger partial charge in [-0.2, -0.15) is 12.7 Å². The van der Waals surface area contributed by atoms with Crippen LogP contribution in [0.5, 0.6) is 0 Å². The van der Waals surface area contributed by atoms with E-state index in [2.05, 4.69) is 4.74 Å². The molecular weight excluding hydrogens is 224 g/mol. The molecule has 1 aliphatic heterocycles. The molecule has 0 atom stereocenters. The molecular formula is C7H14N2O5S. The summed E-state index contributed by atoms with van der Waals surface area (Å²) in [5.74, 6) is 0. The number of hydrogen-bond donors (Lipinski definition) is 2. The van der Waals surface area contributed by atoms with Crippen LogP contribution < -0.4 is 4.72 Å². The molecule has 1 fully saturated rings. The molecule has 1 rings (SSSR count). The Balaban J connectivity index is 2.46. The minimum Gasteiger partial charge on any atom is -0.446 e. The number of amides is 1. The number of rotatable bonds is 3. The first-order valence-electron chi connectivity index (χ1n) is 4.48. The first-order valence-corrected chi connectivity index (χ1v) is 5.92. The zero-order chi connectivity index (χ0) is 11.6. The zero-order valence-corrected chi connectivity index (χ0v) is 9.32. The maximum absolute atomic E-state index is 11.4. The van der Waals surface area contributed by atoms with Gasteiger partial charge in [-0.15, -0.1) is 0 Å². The van der Waals surface area contributed by atoms with Gasteiger partial charge in [0.1, 0.15) is 0 Å². The molecule has 15 heavy (non-hydrogen) atoms. The summed E-state index contributed by atoms with van der Waals surface area (Å²) in [6.07, 6.45) is -2.05. The Morgan fingerprint density at radius 2 is 2.07 bits per heavy atom. The van der Waals surface area contributed by atoms with Crippen LogP contribution in [0.15, 0.2) is 0 Å². The van der Waals surface area contributed by atoms with Gasteiger partial charge in [-0.3, -0.25) is 0 Å². The average molecular weight is 238 g/mol. The van der Waals surface area contributed by atoms with Crippen LogP contribution >= 0.6 is 0 Å². The van der Waals surface area contributed by atoms with Gasteiger partial charge in [0.05, 0.1) is 12.2 Å². The van der Waals surface area contributed by atoms with E-state index in [9.17, 15) is 13.2 Å². The van der Waals surface area contributed by atoms with E-state index in [1.54, 1.807) is 18.6 Å². The third-order valence-electron chi connectivity index (χ3n) is 1.72. The van der Waals surface area contributed by atoms with Crippen LogP contribution in [-0.2, 0) is 14.9 Å². The lowest BCUT2D eigenvalue weighted by Gasteiger charge is -2.34. The number of aliphatic hydroxyl groups is 1. The Hall–Kier alpha value is -0.860. The van der Waals surface area contributed by atoms with Crippen LogP contribution in [0.3, 0.4) is 0 Å². The van der Waals surface area contributed by atoms with Crippen LogP contribution in [0.2, 0.25) is 0 Å². The number of hydrogen-bond acceptors (Lipinski definition) is 5. The minimum atomic E-state index is -3.85. The van der Waals surface area contributed by atoms with Gasteiger partial charge < -0.3 is 9.84 Å². The fourth-order valence-corrected chi connectivity index (χ4v) is 2.15. The summed E-state index contributed by atoms with van der Waals surface area (Å²) < 4.78 is 30.0. The molecule has 0 aromatic carbocycles. The molecule has 8 heteroatoms. The van der Waals surface area contributed by atoms with E-state index in [4.69, 9.17) is 5.11 Å². The van der Waals surface area contributed by atoms with Crippen molar-refractivity contribution in [2.75, 3.05) is 13.1 Å². The van der Waals surface area contributed by atoms with Gasteiger partial charge in [0, 0.05) is 13.1 Å². The molecule has 88 valence electrons. The lowest BCUT2D eigenvalue weighted by Crippen LogP contribution is -2.57. The van der Waals surface area contributed by atoms with Gasteiger partial charge in [0.15, 0.2) is 0 Å². The number of carbonyl (C=O) groups is 1. The second-order valence-electron chi connectivity index (χ2n) is 3.53. The second kappa shape index (κ2) is 4.33. The smallest absolute Gasteiger partial charge is 0.422 e. The third kappa shape index (κ3) is 3.33. The summed E-state index contributed by atoms with van der Waals surface area (Å²) >= 11 is 0. The first kappa shape index (κ1) is 12.2. The van der Waals surface area contributed by atoms with Gasteiger partial charge in [-0.1, -0.05) is 0 Å². The zero-order valence-electron chi connectivity index (χ0n) is 8.50. The normalized spacial score (nSPS) is 18.7. The fraction of sp³-hybridized carbons (Fsp3) is 0.857. The van der Waals surface area contributed by atoms with E-state index in [0.29, 0.717) is 0 Å². The maximum Gasteiger partial charge on any atom is 0.422 e. The summed E-state index contributed by atoms with van der Waals surface area (Å²) in [4.78, 5) is 11.0. The monoisotopic (exact) mass is 238 g/mol.